The number of anilines is 1. The molecule has 0 saturated carbocycles. The number of nitrogen functional groups attached to an aromatic ring is 1. The molecule has 0 radical (unpaired) electrons. The number of hydrogen-bond donors (Lipinski definition) is 1. The molecule has 2 aromatic heterocycles. The number of rotatable bonds is 9. The minimum atomic E-state index is -0.265. The van der Waals surface area contributed by atoms with Crippen molar-refractivity contribution in [2.24, 2.45) is 0 Å². The molecule has 0 saturated heterocycles. The van der Waals surface area contributed by atoms with E-state index in [0.717, 1.165) is 73.8 Å². The predicted molar refractivity (Wildman–Crippen MR) is 137 cm³/mol. The zero-order valence-corrected chi connectivity index (χ0v) is 20.1. The third kappa shape index (κ3) is 5.10. The van der Waals surface area contributed by atoms with Crippen LogP contribution in [0.15, 0.2) is 66.9 Å². The lowest BCUT2D eigenvalue weighted by molar-refractivity contribution is 0.223. The van der Waals surface area contributed by atoms with E-state index in [-0.39, 0.29) is 17.8 Å². The first-order valence-corrected chi connectivity index (χ1v) is 12.3. The molecule has 2 N–H and O–H groups in total. The summed E-state index contributed by atoms with van der Waals surface area (Å²) in [6.45, 7) is 5.13. The van der Waals surface area contributed by atoms with E-state index in [9.17, 15) is 4.39 Å². The van der Waals surface area contributed by atoms with Gasteiger partial charge in [-0.1, -0.05) is 43.7 Å². The van der Waals surface area contributed by atoms with Crippen LogP contribution in [0.2, 0.25) is 0 Å². The molecule has 1 aliphatic heterocycles. The second-order valence-electron chi connectivity index (χ2n) is 9.17. The van der Waals surface area contributed by atoms with Crippen LogP contribution in [0.5, 0.6) is 0 Å². The fourth-order valence-corrected chi connectivity index (χ4v) is 4.96. The second kappa shape index (κ2) is 10.4. The van der Waals surface area contributed by atoms with Crippen molar-refractivity contribution in [3.63, 3.8) is 0 Å². The highest BCUT2D eigenvalue weighted by Gasteiger charge is 2.32. The van der Waals surface area contributed by atoms with Crippen LogP contribution in [0.3, 0.4) is 0 Å². The molecule has 180 valence electrons. The van der Waals surface area contributed by atoms with E-state index < -0.39 is 0 Å². The van der Waals surface area contributed by atoms with Crippen molar-refractivity contribution in [1.29, 1.82) is 0 Å². The Hall–Kier alpha value is -3.58. The molecule has 0 amide bonds. The molecule has 35 heavy (non-hydrogen) atoms. The van der Waals surface area contributed by atoms with E-state index in [2.05, 4.69) is 56.7 Å². The maximum Gasteiger partial charge on any atom is 0.220 e. The van der Waals surface area contributed by atoms with E-state index in [0.29, 0.717) is 0 Å². The molecule has 7 heteroatoms. The maximum absolute atomic E-state index is 13.7. The SMILES string of the molecule is CCCCN(Cc1ccccc1)C[C@@H]1CCc2nc(-c3ccc(F)cc3)c(-c3ccnc(N)n3)n21. The quantitative estimate of drug-likeness (QED) is 0.349. The molecule has 0 spiro atoms. The van der Waals surface area contributed by atoms with Gasteiger partial charge < -0.3 is 10.3 Å². The predicted octanol–water partition coefficient (Wildman–Crippen LogP) is 5.52. The number of aryl methyl sites for hydroxylation is 1. The highest BCUT2D eigenvalue weighted by molar-refractivity contribution is 5.78. The Morgan fingerprint density at radius 2 is 1.86 bits per heavy atom. The smallest absolute Gasteiger partial charge is 0.220 e. The van der Waals surface area contributed by atoms with Gasteiger partial charge in [-0.3, -0.25) is 4.90 Å². The van der Waals surface area contributed by atoms with Gasteiger partial charge in [0.25, 0.3) is 0 Å². The molecule has 3 heterocycles. The standard InChI is InChI=1S/C28H31FN6/c1-2-3-17-34(18-20-7-5-4-6-8-20)19-23-13-14-25-33-26(21-9-11-22(29)12-10-21)27(35(23)25)24-15-16-31-28(30)32-24/h4-12,15-16,23H,2-3,13-14,17-19H2,1H3,(H2,30,31,32)/t23-/m0/s1. The van der Waals surface area contributed by atoms with E-state index in [1.165, 1.54) is 17.7 Å². The van der Waals surface area contributed by atoms with Gasteiger partial charge >= 0.3 is 0 Å². The Morgan fingerprint density at radius 3 is 2.60 bits per heavy atom. The van der Waals surface area contributed by atoms with E-state index in [4.69, 9.17) is 10.7 Å². The molecule has 1 aliphatic rings. The largest absolute Gasteiger partial charge is 0.368 e. The second-order valence-corrected chi connectivity index (χ2v) is 9.17. The van der Waals surface area contributed by atoms with Gasteiger partial charge in [0.1, 0.15) is 11.6 Å². The Labute approximate surface area is 205 Å². The topological polar surface area (TPSA) is 72.9 Å². The number of fused-ring (bicyclic) bond motifs is 1. The van der Waals surface area contributed by atoms with Crippen LogP contribution in [0, 0.1) is 5.82 Å². The lowest BCUT2D eigenvalue weighted by Gasteiger charge is -2.27. The monoisotopic (exact) mass is 470 g/mol. The van der Waals surface area contributed by atoms with Gasteiger partial charge in [0.2, 0.25) is 5.95 Å². The number of imidazole rings is 1. The van der Waals surface area contributed by atoms with Gasteiger partial charge in [0.05, 0.1) is 17.1 Å². The summed E-state index contributed by atoms with van der Waals surface area (Å²) in [5.74, 6) is 1.00. The summed E-state index contributed by atoms with van der Waals surface area (Å²) in [6.07, 6.45) is 5.92. The number of aromatic nitrogens is 4. The van der Waals surface area contributed by atoms with Crippen molar-refractivity contribution < 1.29 is 4.39 Å². The highest BCUT2D eigenvalue weighted by atomic mass is 19.1. The molecule has 4 aromatic rings. The number of unbranched alkanes of at least 4 members (excludes halogenated alkanes) is 1. The summed E-state index contributed by atoms with van der Waals surface area (Å²) >= 11 is 0. The van der Waals surface area contributed by atoms with Crippen LogP contribution in [-0.2, 0) is 13.0 Å². The number of hydrogen-bond acceptors (Lipinski definition) is 5. The fourth-order valence-electron chi connectivity index (χ4n) is 4.96. The molecule has 0 fully saturated rings. The van der Waals surface area contributed by atoms with Gasteiger partial charge in [-0.15, -0.1) is 0 Å². The van der Waals surface area contributed by atoms with Crippen LogP contribution in [-0.4, -0.2) is 37.5 Å². The third-order valence-electron chi connectivity index (χ3n) is 6.63. The molecule has 5 rings (SSSR count). The van der Waals surface area contributed by atoms with Gasteiger partial charge in [-0.25, -0.2) is 19.3 Å². The normalized spacial score (nSPS) is 15.0. The zero-order chi connectivity index (χ0) is 24.2. The first-order chi connectivity index (χ1) is 17.1. The molecule has 0 bridgehead atoms. The Morgan fingerprint density at radius 1 is 1.06 bits per heavy atom. The van der Waals surface area contributed by atoms with Crippen molar-refractivity contribution in [2.75, 3.05) is 18.8 Å². The van der Waals surface area contributed by atoms with Crippen LogP contribution >= 0.6 is 0 Å². The minimum absolute atomic E-state index is 0.228. The summed E-state index contributed by atoms with van der Waals surface area (Å²) in [7, 11) is 0. The van der Waals surface area contributed by atoms with Crippen LogP contribution in [0.1, 0.15) is 43.6 Å². The maximum atomic E-state index is 13.7. The minimum Gasteiger partial charge on any atom is -0.368 e. The summed E-state index contributed by atoms with van der Waals surface area (Å²) < 4.78 is 16.0. The summed E-state index contributed by atoms with van der Waals surface area (Å²) in [5, 5.41) is 0. The van der Waals surface area contributed by atoms with Crippen molar-refractivity contribution in [3.05, 3.63) is 84.1 Å². The van der Waals surface area contributed by atoms with Crippen molar-refractivity contribution >= 4 is 5.95 Å². The van der Waals surface area contributed by atoms with Crippen molar-refractivity contribution in [2.45, 2.75) is 45.2 Å². The number of benzene rings is 2. The van der Waals surface area contributed by atoms with Crippen LogP contribution < -0.4 is 5.73 Å². The Kier molecular flexibility index (Phi) is 6.86. The number of halogens is 1. The lowest BCUT2D eigenvalue weighted by Crippen LogP contribution is -2.30. The fraction of sp³-hybridized carbons (Fsp3) is 0.321. The van der Waals surface area contributed by atoms with Gasteiger partial charge in [-0.2, -0.15) is 0 Å². The average molecular weight is 471 g/mol. The molecule has 2 aromatic carbocycles. The van der Waals surface area contributed by atoms with E-state index in [1.54, 1.807) is 18.3 Å². The van der Waals surface area contributed by atoms with Crippen LogP contribution in [0.4, 0.5) is 10.3 Å². The van der Waals surface area contributed by atoms with Crippen molar-refractivity contribution in [3.8, 4) is 22.6 Å². The molecular weight excluding hydrogens is 439 g/mol. The Bertz CT molecular complexity index is 1270. The average Bonchev–Trinajstić information content (AvgIpc) is 3.43. The molecule has 6 nitrogen and oxygen atoms in total. The molecule has 0 unspecified atom stereocenters. The molecule has 1 atom stereocenters. The number of nitrogens with two attached hydrogens (primary N) is 1. The summed E-state index contributed by atoms with van der Waals surface area (Å²) in [6, 6.07) is 19.3. The number of nitrogens with zero attached hydrogens (tertiary/aromatic N) is 5. The van der Waals surface area contributed by atoms with Gasteiger partial charge in [-0.05, 0) is 55.3 Å². The molecule has 0 aliphatic carbocycles. The molecular formula is C28H31FN6. The Balaban J connectivity index is 1.53. The first kappa shape index (κ1) is 23.2. The first-order valence-electron chi connectivity index (χ1n) is 12.3. The third-order valence-corrected chi connectivity index (χ3v) is 6.63. The van der Waals surface area contributed by atoms with E-state index in [1.807, 2.05) is 6.07 Å². The lowest BCUT2D eigenvalue weighted by atomic mass is 10.1. The highest BCUT2D eigenvalue weighted by Crippen LogP contribution is 2.39. The zero-order valence-electron chi connectivity index (χ0n) is 20.1. The van der Waals surface area contributed by atoms with Gasteiger partial charge in [0.15, 0.2) is 0 Å². The van der Waals surface area contributed by atoms with Gasteiger partial charge in [0, 0.05) is 37.3 Å². The van der Waals surface area contributed by atoms with E-state index >= 15 is 0 Å². The summed E-state index contributed by atoms with van der Waals surface area (Å²) in [4.78, 5) is 16.2. The van der Waals surface area contributed by atoms with Crippen LogP contribution in [0.25, 0.3) is 22.6 Å². The summed E-state index contributed by atoms with van der Waals surface area (Å²) in [5.41, 5.74) is 10.6. The van der Waals surface area contributed by atoms with Crippen molar-refractivity contribution in [1.82, 2.24) is 24.4 Å².